The second kappa shape index (κ2) is 1.19. The molecule has 0 aromatic rings. The van der Waals surface area contributed by atoms with Crippen LogP contribution in [0.25, 0.3) is 0 Å². The van der Waals surface area contributed by atoms with Crippen molar-refractivity contribution >= 4 is 0 Å². The van der Waals surface area contributed by atoms with Crippen molar-refractivity contribution in [3.63, 3.8) is 0 Å². The van der Waals surface area contributed by atoms with Crippen molar-refractivity contribution in [1.82, 2.24) is 10.6 Å². The molecule has 0 fully saturated rings. The molecule has 0 aliphatic carbocycles. The van der Waals surface area contributed by atoms with Crippen LogP contribution >= 0.6 is 0 Å². The van der Waals surface area contributed by atoms with Gasteiger partial charge in [-0.25, -0.2) is 5.43 Å². The van der Waals surface area contributed by atoms with Gasteiger partial charge in [-0.2, -0.15) is 0 Å². The van der Waals surface area contributed by atoms with Gasteiger partial charge in [0.2, 0.25) is 6.67 Å². The third-order valence-corrected chi connectivity index (χ3v) is 0.421. The third-order valence-electron chi connectivity index (χ3n) is 0.421. The first kappa shape index (κ1) is 3.51. The van der Waals surface area contributed by atoms with Crippen LogP contribution < -0.4 is 10.6 Å². The Morgan fingerprint density at radius 2 is 2.67 bits per heavy atom. The molecule has 0 bridgehead atoms. The highest BCUT2D eigenvalue weighted by Crippen LogP contribution is 1.83. The van der Waals surface area contributed by atoms with Gasteiger partial charge in [0.05, 0.1) is 0 Å². The van der Waals surface area contributed by atoms with Crippen molar-refractivity contribution < 1.29 is 0 Å². The molecular formula is CH3N4O. The zero-order valence-corrected chi connectivity index (χ0v) is 2.96. The van der Waals surface area contributed by atoms with Gasteiger partial charge in [0.1, 0.15) is 5.22 Å². The molecular weight excluding hydrogens is 84.0 g/mol. The van der Waals surface area contributed by atoms with E-state index in [-0.39, 0.29) is 6.67 Å². The van der Waals surface area contributed by atoms with E-state index in [4.69, 9.17) is 0 Å². The molecule has 1 aliphatic heterocycles. The van der Waals surface area contributed by atoms with E-state index in [0.29, 0.717) is 5.17 Å². The number of nitrogens with one attached hydrogen (secondary N) is 1. The number of rotatable bonds is 0. The van der Waals surface area contributed by atoms with Gasteiger partial charge < -0.3 is 5.21 Å². The summed E-state index contributed by atoms with van der Waals surface area (Å²) in [7, 11) is 0. The first-order chi connectivity index (χ1) is 2.89. The Labute approximate surface area is 34.2 Å². The van der Waals surface area contributed by atoms with Crippen molar-refractivity contribution in [3.8, 4) is 0 Å². The minimum Gasteiger partial charge on any atom is -0.549 e. The molecule has 1 heterocycles. The van der Waals surface area contributed by atoms with Crippen molar-refractivity contribution in [2.45, 2.75) is 0 Å². The average Bonchev–Trinajstić information content (AvgIpc) is 1.86. The minimum absolute atomic E-state index is 0.181. The predicted octanol–water partition coefficient (Wildman–Crippen LogP) is -0.533. The van der Waals surface area contributed by atoms with Gasteiger partial charge in [-0.3, -0.25) is 0 Å². The fourth-order valence-electron chi connectivity index (χ4n) is 0.205. The fourth-order valence-corrected chi connectivity index (χ4v) is 0.205. The van der Waals surface area contributed by atoms with E-state index in [9.17, 15) is 5.21 Å². The summed E-state index contributed by atoms with van der Waals surface area (Å²) >= 11 is 0. The van der Waals surface area contributed by atoms with Crippen LogP contribution in [0.2, 0.25) is 0 Å². The first-order valence-corrected chi connectivity index (χ1v) is 1.48. The smallest absolute Gasteiger partial charge is 0.244 e. The molecule has 1 N–H and O–H groups in total. The zero-order valence-electron chi connectivity index (χ0n) is 2.96. The van der Waals surface area contributed by atoms with Crippen LogP contribution in [0, 0.1) is 5.21 Å². The van der Waals surface area contributed by atoms with Crippen molar-refractivity contribution in [3.05, 3.63) is 5.21 Å². The monoisotopic (exact) mass is 87.0 g/mol. The Bertz CT molecular complexity index is 69.9. The summed E-state index contributed by atoms with van der Waals surface area (Å²) in [5.41, 5.74) is 2.34. The van der Waals surface area contributed by atoms with Gasteiger partial charge in [0, 0.05) is 0 Å². The van der Waals surface area contributed by atoms with E-state index in [1.165, 1.54) is 0 Å². The molecule has 33 valence electrons. The Morgan fingerprint density at radius 3 is 2.83 bits per heavy atom. The van der Waals surface area contributed by atoms with E-state index in [1.807, 2.05) is 0 Å². The van der Waals surface area contributed by atoms with Crippen LogP contribution in [-0.4, -0.2) is 6.67 Å². The Hall–Kier alpha value is -0.680. The summed E-state index contributed by atoms with van der Waals surface area (Å²) in [6, 6.07) is 0. The number of hydrogen-bond donors (Lipinski definition) is 1. The summed E-state index contributed by atoms with van der Waals surface area (Å²) < 4.78 is 0. The van der Waals surface area contributed by atoms with E-state index < -0.39 is 0 Å². The summed E-state index contributed by atoms with van der Waals surface area (Å²) in [6.45, 7) is 0.181. The van der Waals surface area contributed by atoms with E-state index in [0.717, 1.165) is 0 Å². The topological polar surface area (TPSA) is 65.7 Å². The quantitative estimate of drug-likeness (QED) is 0.318. The maximum Gasteiger partial charge on any atom is 0.244 e. The van der Waals surface area contributed by atoms with Gasteiger partial charge in [0.15, 0.2) is 0 Å². The largest absolute Gasteiger partial charge is 0.549 e. The van der Waals surface area contributed by atoms with E-state index in [2.05, 4.69) is 15.9 Å². The van der Waals surface area contributed by atoms with Crippen LogP contribution in [-0.2, 0) is 0 Å². The van der Waals surface area contributed by atoms with Crippen LogP contribution in [0.5, 0.6) is 0 Å². The molecule has 0 aromatic heterocycles. The van der Waals surface area contributed by atoms with Gasteiger partial charge in [0.25, 0.3) is 0 Å². The number of hydroxylamine groups is 1. The maximum absolute atomic E-state index is 9.84. The lowest BCUT2D eigenvalue weighted by molar-refractivity contribution is 0.584. The maximum atomic E-state index is 9.84. The lowest BCUT2D eigenvalue weighted by Gasteiger charge is -1.90. The Morgan fingerprint density at radius 1 is 1.83 bits per heavy atom. The standard InChI is InChI=1S/CH3N4O/c6-5-1-2-3-4-5/h1H2,(H,2,4). The van der Waals surface area contributed by atoms with Crippen molar-refractivity contribution in [1.29, 1.82) is 0 Å². The normalized spacial score (nSPS) is 21.5. The molecule has 5 heteroatoms. The highest BCUT2D eigenvalue weighted by Gasteiger charge is 2.04. The molecule has 1 radical (unpaired) electrons. The van der Waals surface area contributed by atoms with E-state index in [1.54, 1.807) is 0 Å². The van der Waals surface area contributed by atoms with Gasteiger partial charge >= 0.3 is 0 Å². The summed E-state index contributed by atoms with van der Waals surface area (Å²) in [4.78, 5) is 0. The third kappa shape index (κ3) is 0.447. The van der Waals surface area contributed by atoms with Gasteiger partial charge in [-0.05, 0) is 10.4 Å². The van der Waals surface area contributed by atoms with Crippen LogP contribution in [0.15, 0.2) is 10.4 Å². The summed E-state index contributed by atoms with van der Waals surface area (Å²) in [6.07, 6.45) is 0. The molecule has 0 amide bonds. The summed E-state index contributed by atoms with van der Waals surface area (Å²) in [5.74, 6) is 0. The van der Waals surface area contributed by atoms with Crippen LogP contribution in [0.1, 0.15) is 0 Å². The Balaban J connectivity index is 2.38. The zero-order chi connectivity index (χ0) is 4.41. The molecule has 0 unspecified atom stereocenters. The lowest BCUT2D eigenvalue weighted by atomic mass is 11.2. The molecule has 0 spiro atoms. The molecule has 0 atom stereocenters. The highest BCUT2D eigenvalue weighted by molar-refractivity contribution is 4.53. The molecule has 5 nitrogen and oxygen atoms in total. The van der Waals surface area contributed by atoms with Gasteiger partial charge in [-0.1, -0.05) is 0 Å². The first-order valence-electron chi connectivity index (χ1n) is 1.48. The fraction of sp³-hybridized carbons (Fsp3) is 1.00. The average molecular weight is 87.1 g/mol. The molecule has 6 heavy (non-hydrogen) atoms. The SMILES string of the molecule is [O-][N+]1CNN=N1. The molecule has 0 aromatic carbocycles. The number of nitrogens with zero attached hydrogens (tertiary/aromatic N) is 3. The van der Waals surface area contributed by atoms with Gasteiger partial charge in [-0.15, -0.1) is 0 Å². The highest BCUT2D eigenvalue weighted by atomic mass is 16.5. The molecule has 0 saturated carbocycles. The van der Waals surface area contributed by atoms with Crippen molar-refractivity contribution in [2.75, 3.05) is 6.67 Å². The van der Waals surface area contributed by atoms with Crippen molar-refractivity contribution in [2.24, 2.45) is 10.4 Å². The van der Waals surface area contributed by atoms with Crippen LogP contribution in [0.3, 0.4) is 0 Å². The number of hydrogen-bond acceptors (Lipinski definition) is 5. The predicted molar refractivity (Wildman–Crippen MR) is 18.4 cm³/mol. The minimum atomic E-state index is 0.181. The lowest BCUT2D eigenvalue weighted by Crippen LogP contribution is -2.18. The molecule has 1 aliphatic rings. The molecule has 1 rings (SSSR count). The second-order valence-corrected chi connectivity index (χ2v) is 0.858. The summed E-state index contributed by atoms with van der Waals surface area (Å²) in [5, 5.41) is 16.5. The van der Waals surface area contributed by atoms with Crippen LogP contribution in [0.4, 0.5) is 0 Å². The van der Waals surface area contributed by atoms with E-state index >= 15 is 0 Å². The Kier molecular flexibility index (Phi) is 0.697. The second-order valence-electron chi connectivity index (χ2n) is 0.858. The molecule has 0 saturated heterocycles.